The van der Waals surface area contributed by atoms with Crippen LogP contribution in [0, 0.1) is 0 Å². The number of nitrogens with two attached hydrogens (primary N) is 1. The van der Waals surface area contributed by atoms with Crippen molar-refractivity contribution in [1.29, 1.82) is 0 Å². The van der Waals surface area contributed by atoms with Crippen LogP contribution in [0.4, 0.5) is 5.69 Å². The van der Waals surface area contributed by atoms with Crippen molar-refractivity contribution in [2.24, 2.45) is 5.73 Å². The molecular weight excluding hydrogens is 320 g/mol. The lowest BCUT2D eigenvalue weighted by molar-refractivity contribution is 0.0998. The van der Waals surface area contributed by atoms with Crippen molar-refractivity contribution in [3.8, 4) is 0 Å². The molecule has 0 saturated heterocycles. The molecule has 4 nitrogen and oxygen atoms in total. The quantitative estimate of drug-likeness (QED) is 0.731. The zero-order valence-corrected chi connectivity index (χ0v) is 14.2. The number of benzene rings is 2. The number of rotatable bonds is 5. The van der Waals surface area contributed by atoms with E-state index < -0.39 is 5.91 Å². The molecule has 0 spiro atoms. The van der Waals surface area contributed by atoms with Gasteiger partial charge < -0.3 is 11.1 Å². The number of carbonyl (C=O) groups excluding carboxylic acids is 2. The third kappa shape index (κ3) is 3.16. The molecule has 3 N–H and O–H groups in total. The summed E-state index contributed by atoms with van der Waals surface area (Å²) < 4.78 is 1.12. The van der Waals surface area contributed by atoms with Gasteiger partial charge in [-0.05, 0) is 47.7 Å². The fraction of sp³-hybridized carbons (Fsp3) is 0.158. The van der Waals surface area contributed by atoms with Gasteiger partial charge in [-0.1, -0.05) is 31.5 Å². The Hall–Kier alpha value is -2.66. The van der Waals surface area contributed by atoms with Crippen molar-refractivity contribution < 1.29 is 9.59 Å². The zero-order valence-electron chi connectivity index (χ0n) is 13.3. The lowest BCUT2D eigenvalue weighted by Gasteiger charge is -2.06. The number of fused-ring (bicyclic) bond motifs is 1. The van der Waals surface area contributed by atoms with Crippen LogP contribution in [0.1, 0.15) is 38.9 Å². The van der Waals surface area contributed by atoms with Crippen LogP contribution in [0.5, 0.6) is 0 Å². The van der Waals surface area contributed by atoms with E-state index in [-0.39, 0.29) is 5.91 Å². The van der Waals surface area contributed by atoms with E-state index in [1.807, 2.05) is 18.2 Å². The molecule has 0 bridgehead atoms. The lowest BCUT2D eigenvalue weighted by Crippen LogP contribution is -2.13. The van der Waals surface area contributed by atoms with Crippen LogP contribution in [0.3, 0.4) is 0 Å². The van der Waals surface area contributed by atoms with Gasteiger partial charge in [-0.3, -0.25) is 9.59 Å². The zero-order chi connectivity index (χ0) is 17.1. The van der Waals surface area contributed by atoms with Gasteiger partial charge in [0.2, 0.25) is 5.91 Å². The van der Waals surface area contributed by atoms with Gasteiger partial charge in [0.25, 0.3) is 5.91 Å². The molecule has 0 aliphatic rings. The average molecular weight is 338 g/mol. The Morgan fingerprint density at radius 1 is 1.08 bits per heavy atom. The van der Waals surface area contributed by atoms with Crippen LogP contribution in [-0.4, -0.2) is 11.8 Å². The highest BCUT2D eigenvalue weighted by Gasteiger charge is 2.17. The highest BCUT2D eigenvalue weighted by Crippen LogP contribution is 2.32. The summed E-state index contributed by atoms with van der Waals surface area (Å²) in [6, 6.07) is 14.7. The Morgan fingerprint density at radius 3 is 2.46 bits per heavy atom. The molecule has 0 fully saturated rings. The summed E-state index contributed by atoms with van der Waals surface area (Å²) in [6.45, 7) is 2.11. The molecule has 122 valence electrons. The van der Waals surface area contributed by atoms with Gasteiger partial charge in [0.05, 0.1) is 4.88 Å². The molecule has 2 amide bonds. The molecule has 0 saturated carbocycles. The Labute approximate surface area is 144 Å². The molecule has 0 aliphatic carbocycles. The largest absolute Gasteiger partial charge is 0.366 e. The fourth-order valence-electron chi connectivity index (χ4n) is 2.69. The van der Waals surface area contributed by atoms with Gasteiger partial charge in [-0.25, -0.2) is 0 Å². The Morgan fingerprint density at radius 2 is 1.79 bits per heavy atom. The number of thiophene rings is 1. The molecule has 1 aromatic heterocycles. The number of hydrogen-bond acceptors (Lipinski definition) is 3. The van der Waals surface area contributed by atoms with E-state index in [4.69, 9.17) is 5.73 Å². The van der Waals surface area contributed by atoms with Crippen molar-refractivity contribution in [3.05, 3.63) is 64.5 Å². The van der Waals surface area contributed by atoms with E-state index in [9.17, 15) is 9.59 Å². The van der Waals surface area contributed by atoms with Crippen molar-refractivity contribution >= 4 is 38.9 Å². The van der Waals surface area contributed by atoms with Crippen molar-refractivity contribution in [1.82, 2.24) is 0 Å². The first-order chi connectivity index (χ1) is 11.6. The Balaban J connectivity index is 1.90. The lowest BCUT2D eigenvalue weighted by atomic mass is 10.1. The standard InChI is InChI=1S/C19H18N2O2S/c1-2-5-15-14-6-3-4-7-16(14)24-17(15)19(23)21-13-10-8-12(9-11-13)18(20)22/h3-4,6-11H,2,5H2,1H3,(H2,20,22)(H,21,23). The Kier molecular flexibility index (Phi) is 4.62. The minimum atomic E-state index is -0.484. The number of primary amides is 1. The summed E-state index contributed by atoms with van der Waals surface area (Å²) in [5.74, 6) is -0.603. The number of nitrogens with one attached hydrogen (secondary N) is 1. The van der Waals surface area contributed by atoms with Crippen LogP contribution in [-0.2, 0) is 6.42 Å². The summed E-state index contributed by atoms with van der Waals surface area (Å²) in [5, 5.41) is 4.05. The van der Waals surface area contributed by atoms with Gasteiger partial charge in [0.1, 0.15) is 0 Å². The summed E-state index contributed by atoms with van der Waals surface area (Å²) in [4.78, 5) is 24.6. The monoisotopic (exact) mass is 338 g/mol. The molecule has 5 heteroatoms. The molecule has 1 heterocycles. The summed E-state index contributed by atoms with van der Waals surface area (Å²) in [5.41, 5.74) is 7.39. The first kappa shape index (κ1) is 16.2. The molecule has 0 radical (unpaired) electrons. The number of carbonyl (C=O) groups is 2. The summed E-state index contributed by atoms with van der Waals surface area (Å²) >= 11 is 1.51. The second kappa shape index (κ2) is 6.84. The SMILES string of the molecule is CCCc1c(C(=O)Nc2ccc(C(N)=O)cc2)sc2ccccc12. The minimum Gasteiger partial charge on any atom is -0.366 e. The smallest absolute Gasteiger partial charge is 0.266 e. The maximum absolute atomic E-state index is 12.7. The van der Waals surface area contributed by atoms with E-state index in [1.54, 1.807) is 24.3 Å². The second-order valence-corrected chi connectivity index (χ2v) is 6.60. The topological polar surface area (TPSA) is 72.2 Å². The number of aryl methyl sites for hydroxylation is 1. The molecule has 2 aromatic carbocycles. The maximum Gasteiger partial charge on any atom is 0.266 e. The van der Waals surface area contributed by atoms with E-state index in [2.05, 4.69) is 18.3 Å². The molecule has 24 heavy (non-hydrogen) atoms. The molecular formula is C19H18N2O2S. The van der Waals surface area contributed by atoms with E-state index >= 15 is 0 Å². The minimum absolute atomic E-state index is 0.119. The van der Waals surface area contributed by atoms with Crippen molar-refractivity contribution in [2.45, 2.75) is 19.8 Å². The van der Waals surface area contributed by atoms with Crippen LogP contribution in [0.25, 0.3) is 10.1 Å². The highest BCUT2D eigenvalue weighted by molar-refractivity contribution is 7.21. The van der Waals surface area contributed by atoms with Gasteiger partial charge in [0, 0.05) is 16.0 Å². The van der Waals surface area contributed by atoms with E-state index in [0.29, 0.717) is 11.3 Å². The highest BCUT2D eigenvalue weighted by atomic mass is 32.1. The number of hydrogen-bond donors (Lipinski definition) is 2. The van der Waals surface area contributed by atoms with E-state index in [0.717, 1.165) is 33.4 Å². The molecule has 3 rings (SSSR count). The van der Waals surface area contributed by atoms with E-state index in [1.165, 1.54) is 11.3 Å². The maximum atomic E-state index is 12.7. The molecule has 0 atom stereocenters. The van der Waals surface area contributed by atoms with Crippen LogP contribution < -0.4 is 11.1 Å². The second-order valence-electron chi connectivity index (χ2n) is 5.55. The summed E-state index contributed by atoms with van der Waals surface area (Å²) in [6.07, 6.45) is 1.85. The molecule has 0 unspecified atom stereocenters. The molecule has 0 aliphatic heterocycles. The van der Waals surface area contributed by atoms with Gasteiger partial charge in [0.15, 0.2) is 0 Å². The first-order valence-electron chi connectivity index (χ1n) is 7.81. The third-order valence-corrected chi connectivity index (χ3v) is 5.04. The van der Waals surface area contributed by atoms with Crippen molar-refractivity contribution in [2.75, 3.05) is 5.32 Å². The van der Waals surface area contributed by atoms with Crippen LogP contribution >= 0.6 is 11.3 Å². The number of anilines is 1. The number of amides is 2. The van der Waals surface area contributed by atoms with Gasteiger partial charge in [-0.15, -0.1) is 11.3 Å². The summed E-state index contributed by atoms with van der Waals surface area (Å²) in [7, 11) is 0. The fourth-order valence-corrected chi connectivity index (χ4v) is 3.83. The first-order valence-corrected chi connectivity index (χ1v) is 8.63. The van der Waals surface area contributed by atoms with Crippen molar-refractivity contribution in [3.63, 3.8) is 0 Å². The third-order valence-electron chi connectivity index (χ3n) is 3.83. The predicted molar refractivity (Wildman–Crippen MR) is 98.7 cm³/mol. The van der Waals surface area contributed by atoms with Gasteiger partial charge >= 0.3 is 0 Å². The average Bonchev–Trinajstić information content (AvgIpc) is 2.95. The Bertz CT molecular complexity index is 897. The molecule has 3 aromatic rings. The normalized spacial score (nSPS) is 10.7. The van der Waals surface area contributed by atoms with Crippen LogP contribution in [0.2, 0.25) is 0 Å². The predicted octanol–water partition coefficient (Wildman–Crippen LogP) is 4.21. The van der Waals surface area contributed by atoms with Crippen LogP contribution in [0.15, 0.2) is 48.5 Å². The van der Waals surface area contributed by atoms with Gasteiger partial charge in [-0.2, -0.15) is 0 Å².